The molecular formula is C16H14O2S2. The molecule has 0 aliphatic heterocycles. The first-order chi connectivity index (χ1) is 9.71. The van der Waals surface area contributed by atoms with Gasteiger partial charge in [-0.3, -0.25) is 0 Å². The van der Waals surface area contributed by atoms with Crippen molar-refractivity contribution in [3.63, 3.8) is 0 Å². The molecule has 20 heavy (non-hydrogen) atoms. The molecule has 3 rings (SSSR count). The van der Waals surface area contributed by atoms with Crippen molar-refractivity contribution in [1.29, 1.82) is 0 Å². The summed E-state index contributed by atoms with van der Waals surface area (Å²) >= 11 is 1.71. The molecule has 2 aromatic carbocycles. The summed E-state index contributed by atoms with van der Waals surface area (Å²) in [6, 6.07) is 20.9. The van der Waals surface area contributed by atoms with E-state index < -0.39 is 9.84 Å². The van der Waals surface area contributed by atoms with Gasteiger partial charge in [-0.2, -0.15) is 11.3 Å². The second kappa shape index (κ2) is 7.03. The van der Waals surface area contributed by atoms with Crippen LogP contribution < -0.4 is 0 Å². The Morgan fingerprint density at radius 3 is 1.30 bits per heavy atom. The van der Waals surface area contributed by atoms with Crippen LogP contribution in [-0.4, -0.2) is 8.42 Å². The molecule has 4 heteroatoms. The maximum Gasteiger partial charge on any atom is 0.206 e. The fraction of sp³-hybridized carbons (Fsp3) is 0. The number of rotatable bonds is 2. The van der Waals surface area contributed by atoms with E-state index in [0.29, 0.717) is 9.79 Å². The lowest BCUT2D eigenvalue weighted by atomic mass is 10.4. The van der Waals surface area contributed by atoms with Crippen LogP contribution in [0.5, 0.6) is 0 Å². The summed E-state index contributed by atoms with van der Waals surface area (Å²) in [5.74, 6) is 0. The van der Waals surface area contributed by atoms with E-state index in [1.54, 1.807) is 72.0 Å². The first-order valence-electron chi connectivity index (χ1n) is 6.03. The van der Waals surface area contributed by atoms with Crippen LogP contribution >= 0.6 is 11.3 Å². The highest BCUT2D eigenvalue weighted by Gasteiger charge is 2.15. The molecule has 0 fully saturated rings. The van der Waals surface area contributed by atoms with Crippen molar-refractivity contribution in [3.8, 4) is 0 Å². The van der Waals surface area contributed by atoms with Crippen LogP contribution in [0.15, 0.2) is 93.3 Å². The van der Waals surface area contributed by atoms with Gasteiger partial charge in [0.25, 0.3) is 0 Å². The summed E-state index contributed by atoms with van der Waals surface area (Å²) in [5.41, 5.74) is 0. The van der Waals surface area contributed by atoms with E-state index in [9.17, 15) is 8.42 Å². The van der Waals surface area contributed by atoms with E-state index in [0.717, 1.165) is 0 Å². The number of sulfone groups is 1. The van der Waals surface area contributed by atoms with Gasteiger partial charge in [0, 0.05) is 0 Å². The first-order valence-corrected chi connectivity index (χ1v) is 8.46. The standard InChI is InChI=1S/C12H10O2S.C4H4S/c13-15(14,11-7-3-1-4-8-11)12-9-5-2-6-10-12;1-2-4-5-3-1/h1-10H;1-4H. The van der Waals surface area contributed by atoms with Gasteiger partial charge in [0.15, 0.2) is 0 Å². The van der Waals surface area contributed by atoms with E-state index in [1.807, 2.05) is 22.9 Å². The van der Waals surface area contributed by atoms with Gasteiger partial charge in [0.05, 0.1) is 9.79 Å². The lowest BCUT2D eigenvalue weighted by Crippen LogP contribution is -2.00. The summed E-state index contributed by atoms with van der Waals surface area (Å²) in [6.07, 6.45) is 0. The fourth-order valence-electron chi connectivity index (χ4n) is 1.56. The zero-order valence-electron chi connectivity index (χ0n) is 10.7. The Morgan fingerprint density at radius 2 is 1.00 bits per heavy atom. The van der Waals surface area contributed by atoms with Crippen LogP contribution in [0.4, 0.5) is 0 Å². The van der Waals surface area contributed by atoms with Crippen molar-refractivity contribution in [2.24, 2.45) is 0 Å². The van der Waals surface area contributed by atoms with Crippen LogP contribution in [0, 0.1) is 0 Å². The van der Waals surface area contributed by atoms with Gasteiger partial charge in [-0.05, 0) is 35.0 Å². The summed E-state index contributed by atoms with van der Waals surface area (Å²) in [5, 5.41) is 4.08. The quantitative estimate of drug-likeness (QED) is 0.708. The second-order valence-electron chi connectivity index (χ2n) is 3.92. The molecule has 2 nitrogen and oxygen atoms in total. The molecule has 1 heterocycles. The van der Waals surface area contributed by atoms with E-state index in [4.69, 9.17) is 0 Å². The molecular weight excluding hydrogens is 288 g/mol. The number of hydrogen-bond donors (Lipinski definition) is 0. The molecule has 1 aromatic heterocycles. The zero-order valence-corrected chi connectivity index (χ0v) is 12.3. The van der Waals surface area contributed by atoms with Gasteiger partial charge < -0.3 is 0 Å². The normalized spacial score (nSPS) is 10.4. The highest BCUT2D eigenvalue weighted by atomic mass is 32.2. The highest BCUT2D eigenvalue weighted by Crippen LogP contribution is 2.19. The van der Waals surface area contributed by atoms with E-state index >= 15 is 0 Å². The molecule has 102 valence electrons. The molecule has 0 aliphatic rings. The Labute approximate surface area is 123 Å². The largest absolute Gasteiger partial charge is 0.219 e. The SMILES string of the molecule is O=S(=O)(c1ccccc1)c1ccccc1.c1ccsc1. The smallest absolute Gasteiger partial charge is 0.206 e. The molecule has 0 bridgehead atoms. The van der Waals surface area contributed by atoms with Crippen LogP contribution in [0.2, 0.25) is 0 Å². The molecule has 0 saturated heterocycles. The third-order valence-electron chi connectivity index (χ3n) is 2.53. The molecule has 0 spiro atoms. The minimum Gasteiger partial charge on any atom is -0.219 e. The monoisotopic (exact) mass is 302 g/mol. The van der Waals surface area contributed by atoms with Gasteiger partial charge in [-0.1, -0.05) is 48.5 Å². The van der Waals surface area contributed by atoms with Gasteiger partial charge in [0.2, 0.25) is 9.84 Å². The maximum atomic E-state index is 12.0. The third kappa shape index (κ3) is 3.79. The highest BCUT2D eigenvalue weighted by molar-refractivity contribution is 7.91. The summed E-state index contributed by atoms with van der Waals surface area (Å²) in [4.78, 5) is 0.660. The lowest BCUT2D eigenvalue weighted by molar-refractivity contribution is 0.596. The zero-order chi connectivity index (χ0) is 14.3. The topological polar surface area (TPSA) is 34.1 Å². The summed E-state index contributed by atoms with van der Waals surface area (Å²) in [6.45, 7) is 0. The van der Waals surface area contributed by atoms with Crippen LogP contribution in [-0.2, 0) is 9.84 Å². The fourth-order valence-corrected chi connectivity index (χ4v) is 3.32. The van der Waals surface area contributed by atoms with Gasteiger partial charge in [0.1, 0.15) is 0 Å². The third-order valence-corrected chi connectivity index (χ3v) is 4.95. The van der Waals surface area contributed by atoms with Crippen LogP contribution in [0.1, 0.15) is 0 Å². The predicted octanol–water partition coefficient (Wildman–Crippen LogP) is 4.27. The Balaban J connectivity index is 0.000000247. The van der Waals surface area contributed by atoms with Crippen LogP contribution in [0.3, 0.4) is 0 Å². The molecule has 3 aromatic rings. The maximum absolute atomic E-state index is 12.0. The minimum atomic E-state index is -3.34. The molecule has 0 saturated carbocycles. The van der Waals surface area contributed by atoms with E-state index in [2.05, 4.69) is 0 Å². The Bertz CT molecular complexity index is 641. The Hall–Kier alpha value is -1.91. The van der Waals surface area contributed by atoms with Crippen molar-refractivity contribution >= 4 is 21.2 Å². The molecule has 0 N–H and O–H groups in total. The van der Waals surface area contributed by atoms with Crippen molar-refractivity contribution < 1.29 is 8.42 Å². The van der Waals surface area contributed by atoms with Crippen LogP contribution in [0.25, 0.3) is 0 Å². The minimum absolute atomic E-state index is 0.330. The number of hydrogen-bond acceptors (Lipinski definition) is 3. The molecule has 0 unspecified atom stereocenters. The predicted molar refractivity (Wildman–Crippen MR) is 82.7 cm³/mol. The average molecular weight is 302 g/mol. The number of benzene rings is 2. The van der Waals surface area contributed by atoms with E-state index in [1.165, 1.54) is 0 Å². The lowest BCUT2D eigenvalue weighted by Gasteiger charge is -2.03. The summed E-state index contributed by atoms with van der Waals surface area (Å²) < 4.78 is 24.1. The average Bonchev–Trinajstić information content (AvgIpc) is 3.09. The van der Waals surface area contributed by atoms with Crippen molar-refractivity contribution in [2.45, 2.75) is 9.79 Å². The van der Waals surface area contributed by atoms with Crippen molar-refractivity contribution in [2.75, 3.05) is 0 Å². The first kappa shape index (κ1) is 14.5. The van der Waals surface area contributed by atoms with E-state index in [-0.39, 0.29) is 0 Å². The Morgan fingerprint density at radius 1 is 0.600 bits per heavy atom. The number of thiophene rings is 1. The molecule has 0 atom stereocenters. The second-order valence-corrected chi connectivity index (χ2v) is 6.69. The Kier molecular flexibility index (Phi) is 5.09. The van der Waals surface area contributed by atoms with Gasteiger partial charge in [-0.15, -0.1) is 0 Å². The van der Waals surface area contributed by atoms with Crippen molar-refractivity contribution in [1.82, 2.24) is 0 Å². The van der Waals surface area contributed by atoms with Crippen molar-refractivity contribution in [3.05, 3.63) is 83.6 Å². The molecule has 0 aliphatic carbocycles. The molecule has 0 amide bonds. The molecule has 0 radical (unpaired) electrons. The summed E-state index contributed by atoms with van der Waals surface area (Å²) in [7, 11) is -3.34. The van der Waals surface area contributed by atoms with Gasteiger partial charge >= 0.3 is 0 Å². The van der Waals surface area contributed by atoms with Gasteiger partial charge in [-0.25, -0.2) is 8.42 Å².